The van der Waals surface area contributed by atoms with E-state index in [9.17, 15) is 9.59 Å². The quantitative estimate of drug-likeness (QED) is 0.453. The van der Waals surface area contributed by atoms with E-state index >= 15 is 0 Å². The number of methoxy groups -OCH3 is 2. The van der Waals surface area contributed by atoms with Crippen LogP contribution in [0.5, 0.6) is 0 Å². The number of hydrogen-bond donors (Lipinski definition) is 2. The van der Waals surface area contributed by atoms with E-state index in [1.807, 2.05) is 36.4 Å². The van der Waals surface area contributed by atoms with Gasteiger partial charge in [-0.3, -0.25) is 0 Å². The van der Waals surface area contributed by atoms with Crippen molar-refractivity contribution in [3.05, 3.63) is 82.2 Å². The number of esters is 2. The Balaban J connectivity index is 2.08. The zero-order valence-electron chi connectivity index (χ0n) is 22.7. The molecule has 0 aromatic heterocycles. The van der Waals surface area contributed by atoms with Crippen LogP contribution in [0.3, 0.4) is 0 Å². The lowest BCUT2D eigenvalue weighted by Crippen LogP contribution is -2.25. The molecule has 2 aromatic carbocycles. The topological polar surface area (TPSA) is 76.7 Å². The van der Waals surface area contributed by atoms with Crippen LogP contribution in [-0.4, -0.2) is 26.2 Å². The molecule has 0 saturated heterocycles. The smallest absolute Gasteiger partial charge is 0.335 e. The van der Waals surface area contributed by atoms with Crippen molar-refractivity contribution in [1.29, 1.82) is 0 Å². The van der Waals surface area contributed by atoms with Crippen molar-refractivity contribution in [3.63, 3.8) is 0 Å². The fourth-order valence-electron chi connectivity index (χ4n) is 4.47. The first kappa shape index (κ1) is 27.1. The predicted octanol–water partition coefficient (Wildman–Crippen LogP) is 6.45. The molecule has 0 unspecified atom stereocenters. The van der Waals surface area contributed by atoms with Crippen LogP contribution >= 0.6 is 0 Å². The van der Waals surface area contributed by atoms with Crippen molar-refractivity contribution in [2.24, 2.45) is 0 Å². The molecule has 1 aliphatic carbocycles. The molecule has 0 amide bonds. The van der Waals surface area contributed by atoms with Crippen molar-refractivity contribution in [2.45, 2.75) is 65.2 Å². The lowest BCUT2D eigenvalue weighted by atomic mass is 9.85. The van der Waals surface area contributed by atoms with Gasteiger partial charge < -0.3 is 20.1 Å². The van der Waals surface area contributed by atoms with E-state index in [0.29, 0.717) is 22.5 Å². The van der Waals surface area contributed by atoms with Gasteiger partial charge in [0.2, 0.25) is 0 Å². The molecule has 0 spiro atoms. The van der Waals surface area contributed by atoms with Crippen molar-refractivity contribution < 1.29 is 19.1 Å². The second-order valence-corrected chi connectivity index (χ2v) is 11.1. The molecule has 0 bridgehead atoms. The third kappa shape index (κ3) is 5.99. The highest BCUT2D eigenvalue weighted by molar-refractivity contribution is 5.96. The van der Waals surface area contributed by atoms with Crippen molar-refractivity contribution >= 4 is 23.3 Å². The SMILES string of the molecule is COC(=O)C1=C(Nc2ccccc2C(C)(C)C)CC(C(=O)OC)=C(Nc2ccccc2C(C)(C)C)C1. The molecule has 0 saturated carbocycles. The summed E-state index contributed by atoms with van der Waals surface area (Å²) in [6, 6.07) is 16.0. The van der Waals surface area contributed by atoms with Crippen LogP contribution in [0.1, 0.15) is 65.5 Å². The van der Waals surface area contributed by atoms with Crippen LogP contribution in [0.2, 0.25) is 0 Å². The van der Waals surface area contributed by atoms with E-state index < -0.39 is 11.9 Å². The van der Waals surface area contributed by atoms with Crippen molar-refractivity contribution in [2.75, 3.05) is 24.9 Å². The van der Waals surface area contributed by atoms with Gasteiger partial charge in [-0.15, -0.1) is 0 Å². The molecular formula is C30H38N2O4. The molecule has 3 rings (SSSR count). The van der Waals surface area contributed by atoms with Gasteiger partial charge in [0.15, 0.2) is 0 Å². The molecule has 2 aromatic rings. The van der Waals surface area contributed by atoms with Crippen LogP contribution in [0.25, 0.3) is 0 Å². The fourth-order valence-corrected chi connectivity index (χ4v) is 4.47. The van der Waals surface area contributed by atoms with Gasteiger partial charge in [0, 0.05) is 35.6 Å². The first-order valence-electron chi connectivity index (χ1n) is 12.2. The van der Waals surface area contributed by atoms with E-state index in [1.54, 1.807) is 0 Å². The molecule has 0 fully saturated rings. The number of allylic oxidation sites excluding steroid dienone is 2. The third-order valence-electron chi connectivity index (χ3n) is 6.34. The maximum Gasteiger partial charge on any atom is 0.335 e. The monoisotopic (exact) mass is 490 g/mol. The molecule has 2 N–H and O–H groups in total. The Morgan fingerprint density at radius 2 is 0.972 bits per heavy atom. The summed E-state index contributed by atoms with van der Waals surface area (Å²) in [5.41, 5.74) is 5.97. The minimum atomic E-state index is -0.432. The van der Waals surface area contributed by atoms with Crippen LogP contribution < -0.4 is 10.6 Å². The molecule has 36 heavy (non-hydrogen) atoms. The van der Waals surface area contributed by atoms with Gasteiger partial charge in [-0.1, -0.05) is 77.9 Å². The Labute approximate surface area is 214 Å². The highest BCUT2D eigenvalue weighted by Gasteiger charge is 2.31. The van der Waals surface area contributed by atoms with Crippen LogP contribution in [0, 0.1) is 0 Å². The summed E-state index contributed by atoms with van der Waals surface area (Å²) < 4.78 is 10.3. The summed E-state index contributed by atoms with van der Waals surface area (Å²) in [6.45, 7) is 12.8. The van der Waals surface area contributed by atoms with E-state index in [4.69, 9.17) is 9.47 Å². The summed E-state index contributed by atoms with van der Waals surface area (Å²) in [5, 5.41) is 6.92. The Hall–Kier alpha value is -3.54. The van der Waals surface area contributed by atoms with E-state index in [-0.39, 0.29) is 23.7 Å². The largest absolute Gasteiger partial charge is 0.466 e. The number of carbonyl (C=O) groups excluding carboxylic acids is 2. The van der Waals surface area contributed by atoms with Crippen LogP contribution in [0.4, 0.5) is 11.4 Å². The summed E-state index contributed by atoms with van der Waals surface area (Å²) in [4.78, 5) is 25.9. The molecule has 6 nitrogen and oxygen atoms in total. The van der Waals surface area contributed by atoms with Gasteiger partial charge in [-0.05, 0) is 34.1 Å². The maximum atomic E-state index is 12.9. The summed E-state index contributed by atoms with van der Waals surface area (Å²) in [6.07, 6.45) is 0.408. The molecule has 0 aliphatic heterocycles. The summed E-state index contributed by atoms with van der Waals surface area (Å²) in [7, 11) is 2.75. The van der Waals surface area contributed by atoms with E-state index in [1.165, 1.54) is 14.2 Å². The zero-order valence-corrected chi connectivity index (χ0v) is 22.7. The van der Waals surface area contributed by atoms with Gasteiger partial charge in [0.1, 0.15) is 0 Å². The fraction of sp³-hybridized carbons (Fsp3) is 0.400. The second kappa shape index (κ2) is 10.6. The van der Waals surface area contributed by atoms with Crippen LogP contribution in [0.15, 0.2) is 71.1 Å². The van der Waals surface area contributed by atoms with Gasteiger partial charge in [-0.2, -0.15) is 0 Å². The van der Waals surface area contributed by atoms with Crippen molar-refractivity contribution in [1.82, 2.24) is 0 Å². The molecule has 0 heterocycles. The number of ether oxygens (including phenoxy) is 2. The number of carbonyl (C=O) groups is 2. The van der Waals surface area contributed by atoms with E-state index in [0.717, 1.165) is 22.5 Å². The number of hydrogen-bond acceptors (Lipinski definition) is 6. The minimum absolute atomic E-state index is 0.116. The Morgan fingerprint density at radius 1 is 0.639 bits per heavy atom. The molecule has 6 heteroatoms. The lowest BCUT2D eigenvalue weighted by molar-refractivity contribution is -0.137. The highest BCUT2D eigenvalue weighted by Crippen LogP contribution is 2.37. The summed E-state index contributed by atoms with van der Waals surface area (Å²) >= 11 is 0. The number of anilines is 2. The Kier molecular flexibility index (Phi) is 7.97. The first-order valence-corrected chi connectivity index (χ1v) is 12.2. The molecular weight excluding hydrogens is 452 g/mol. The molecule has 192 valence electrons. The number of rotatable bonds is 6. The van der Waals surface area contributed by atoms with Crippen LogP contribution in [-0.2, 0) is 29.9 Å². The summed E-state index contributed by atoms with van der Waals surface area (Å²) in [5.74, 6) is -0.865. The third-order valence-corrected chi connectivity index (χ3v) is 6.34. The van der Waals surface area contributed by atoms with E-state index in [2.05, 4.69) is 64.3 Å². The lowest BCUT2D eigenvalue weighted by Gasteiger charge is -2.29. The minimum Gasteiger partial charge on any atom is -0.466 e. The number of nitrogens with one attached hydrogen (secondary N) is 2. The molecule has 0 atom stereocenters. The average Bonchev–Trinajstić information content (AvgIpc) is 2.83. The van der Waals surface area contributed by atoms with Gasteiger partial charge in [0.25, 0.3) is 0 Å². The Morgan fingerprint density at radius 3 is 1.28 bits per heavy atom. The first-order chi connectivity index (χ1) is 16.9. The number of benzene rings is 2. The average molecular weight is 491 g/mol. The second-order valence-electron chi connectivity index (χ2n) is 11.1. The molecule has 0 radical (unpaired) electrons. The standard InChI is InChI=1S/C30H38N2O4/c1-29(2,3)21-13-9-11-15-23(21)31-25-17-20(28(34)36-8)26(18-19(25)27(33)35-7)32-24-16-12-10-14-22(24)30(4,5)6/h9-16,31-32H,17-18H2,1-8H3. The number of para-hydroxylation sites is 2. The highest BCUT2D eigenvalue weighted by atomic mass is 16.5. The van der Waals surface area contributed by atoms with Crippen molar-refractivity contribution in [3.8, 4) is 0 Å². The zero-order chi connectivity index (χ0) is 26.7. The normalized spacial score (nSPS) is 14.4. The van der Waals surface area contributed by atoms with Gasteiger partial charge in [0.05, 0.1) is 25.4 Å². The molecule has 1 aliphatic rings. The van der Waals surface area contributed by atoms with Gasteiger partial charge in [-0.25, -0.2) is 9.59 Å². The maximum absolute atomic E-state index is 12.9. The predicted molar refractivity (Wildman–Crippen MR) is 145 cm³/mol. The Bertz CT molecular complexity index is 1110. The van der Waals surface area contributed by atoms with Gasteiger partial charge >= 0.3 is 11.9 Å².